The fraction of sp³-hybridized carbons (Fsp3) is 0.188. The van der Waals surface area contributed by atoms with Gasteiger partial charge in [-0.2, -0.15) is 0 Å². The van der Waals surface area contributed by atoms with Crippen LogP contribution < -0.4 is 4.74 Å². The van der Waals surface area contributed by atoms with Gasteiger partial charge in [-0.1, -0.05) is 0 Å². The number of fused-ring (bicyclic) bond motifs is 1. The van der Waals surface area contributed by atoms with Crippen molar-refractivity contribution >= 4 is 37.8 Å². The molecule has 7 heteroatoms. The number of hydrogen-bond donors (Lipinski definition) is 0. The molecule has 3 rings (SSSR count). The van der Waals surface area contributed by atoms with E-state index in [2.05, 4.69) is 4.98 Å². The Morgan fingerprint density at radius 3 is 2.35 bits per heavy atom. The van der Waals surface area contributed by atoms with Gasteiger partial charge in [-0.05, 0) is 0 Å². The number of nitrogens with zero attached hydrogens (tertiary/aromatic N) is 1. The molecule has 0 atom stereocenters. The van der Waals surface area contributed by atoms with Crippen molar-refractivity contribution in [1.82, 2.24) is 4.98 Å². The quantitative estimate of drug-likeness (QED) is 0.743. The zero-order chi connectivity index (χ0) is 16.6. The van der Waals surface area contributed by atoms with Crippen LogP contribution in [0, 0.1) is 6.92 Å². The molecule has 0 N–H and O–H groups in total. The second-order valence-electron chi connectivity index (χ2n) is 4.71. The van der Waals surface area contributed by atoms with Gasteiger partial charge in [-0.3, -0.25) is 0 Å². The summed E-state index contributed by atoms with van der Waals surface area (Å²) in [5, 5.41) is 0. The molecule has 0 fully saturated rings. The predicted molar refractivity (Wildman–Crippen MR) is 87.5 cm³/mol. The van der Waals surface area contributed by atoms with Gasteiger partial charge < -0.3 is 0 Å². The molecular formula is C16H13NO4SSe. The van der Waals surface area contributed by atoms with Crippen LogP contribution in [0.25, 0.3) is 0 Å². The van der Waals surface area contributed by atoms with Crippen LogP contribution >= 0.6 is 11.8 Å². The minimum absolute atomic E-state index is 0.0730. The average Bonchev–Trinajstić information content (AvgIpc) is 2.96. The molecule has 0 radical (unpaired) electrons. The van der Waals surface area contributed by atoms with E-state index < -0.39 is 0 Å². The van der Waals surface area contributed by atoms with Crippen molar-refractivity contribution in [3.05, 3.63) is 49.6 Å². The third-order valence-corrected chi connectivity index (χ3v) is 6.37. The fourth-order valence-corrected chi connectivity index (χ4v) is 5.12. The Labute approximate surface area is 143 Å². The first kappa shape index (κ1) is 16.1. The standard InChI is InChI=1S/C16H13NO4SSe/c1-8-17-11-12(18)14(21-3)15(13(19)16(11)23-8)22-10-6-4-9(20-2)5-7-10/h4-7H,1-3H3. The third-order valence-electron chi connectivity index (χ3n) is 3.26. The van der Waals surface area contributed by atoms with Gasteiger partial charge in [0.05, 0.1) is 0 Å². The number of thioether (sulfide) groups is 1. The Morgan fingerprint density at radius 1 is 1.04 bits per heavy atom. The van der Waals surface area contributed by atoms with E-state index >= 15 is 0 Å². The van der Waals surface area contributed by atoms with E-state index in [4.69, 9.17) is 9.47 Å². The van der Waals surface area contributed by atoms with E-state index in [-0.39, 0.29) is 37.5 Å². The van der Waals surface area contributed by atoms with Crippen LogP contribution in [0.2, 0.25) is 0 Å². The zero-order valence-electron chi connectivity index (χ0n) is 12.7. The van der Waals surface area contributed by atoms with Crippen molar-refractivity contribution in [1.29, 1.82) is 0 Å². The van der Waals surface area contributed by atoms with Crippen molar-refractivity contribution < 1.29 is 19.1 Å². The summed E-state index contributed by atoms with van der Waals surface area (Å²) < 4.78 is 11.7. The topological polar surface area (TPSA) is 65.5 Å². The number of Topliss-reactive ketones (excluding diaryl/α,β-unsaturated/α-hetero) is 2. The van der Waals surface area contributed by atoms with Crippen molar-refractivity contribution in [2.45, 2.75) is 11.8 Å². The molecule has 0 amide bonds. The van der Waals surface area contributed by atoms with Crippen LogP contribution in [0.1, 0.15) is 24.3 Å². The Balaban J connectivity index is 2.00. The molecule has 1 aliphatic rings. The van der Waals surface area contributed by atoms with E-state index in [9.17, 15) is 9.59 Å². The van der Waals surface area contributed by atoms with Gasteiger partial charge in [-0.25, -0.2) is 0 Å². The van der Waals surface area contributed by atoms with Crippen molar-refractivity contribution in [2.75, 3.05) is 14.2 Å². The summed E-state index contributed by atoms with van der Waals surface area (Å²) in [5.41, 5.74) is 0.253. The van der Waals surface area contributed by atoms with Crippen LogP contribution in [-0.2, 0) is 4.74 Å². The van der Waals surface area contributed by atoms with Crippen LogP contribution in [0.4, 0.5) is 0 Å². The Hall–Kier alpha value is -1.82. The summed E-state index contributed by atoms with van der Waals surface area (Å²) in [6, 6.07) is 7.30. The molecule has 118 valence electrons. The number of hydrogen-bond acceptors (Lipinski definition) is 6. The summed E-state index contributed by atoms with van der Waals surface area (Å²) in [4.78, 5) is 30.6. The molecule has 0 unspecified atom stereocenters. The van der Waals surface area contributed by atoms with E-state index in [0.29, 0.717) is 9.34 Å². The number of aryl methyl sites for hydroxylation is 1. The molecule has 0 aliphatic heterocycles. The molecule has 23 heavy (non-hydrogen) atoms. The van der Waals surface area contributed by atoms with Crippen molar-refractivity contribution in [3.8, 4) is 5.75 Å². The number of rotatable bonds is 4. The number of ketones is 2. The number of carbonyl (C=O) groups is 2. The van der Waals surface area contributed by atoms with Crippen molar-refractivity contribution in [2.24, 2.45) is 0 Å². The molecule has 0 saturated carbocycles. The van der Waals surface area contributed by atoms with Gasteiger partial charge in [0.1, 0.15) is 0 Å². The molecular weight excluding hydrogens is 381 g/mol. The van der Waals surface area contributed by atoms with Gasteiger partial charge in [0.25, 0.3) is 0 Å². The van der Waals surface area contributed by atoms with E-state index in [1.807, 2.05) is 31.2 Å². The van der Waals surface area contributed by atoms with Crippen molar-refractivity contribution in [3.63, 3.8) is 0 Å². The molecule has 1 aromatic heterocycles. The maximum absolute atomic E-state index is 12.7. The van der Waals surface area contributed by atoms with E-state index in [1.54, 1.807) is 7.11 Å². The van der Waals surface area contributed by atoms with Gasteiger partial charge in [-0.15, -0.1) is 0 Å². The normalized spacial score (nSPS) is 14.0. The SMILES string of the molecule is COC1=C(Sc2ccc(OC)cc2)C(=O)c2[se]c(C)nc2C1=O. The van der Waals surface area contributed by atoms with Gasteiger partial charge in [0, 0.05) is 0 Å². The Kier molecular flexibility index (Phi) is 4.43. The van der Waals surface area contributed by atoms with Crippen LogP contribution in [0.3, 0.4) is 0 Å². The molecule has 0 saturated heterocycles. The number of carbonyl (C=O) groups excluding carboxylic acids is 2. The average molecular weight is 394 g/mol. The van der Waals surface area contributed by atoms with Crippen LogP contribution in [0.15, 0.2) is 39.8 Å². The van der Waals surface area contributed by atoms with Crippen LogP contribution in [0.5, 0.6) is 5.75 Å². The number of benzene rings is 1. The monoisotopic (exact) mass is 395 g/mol. The molecule has 0 bridgehead atoms. The predicted octanol–water partition coefficient (Wildman–Crippen LogP) is 2.48. The zero-order valence-corrected chi connectivity index (χ0v) is 15.2. The Bertz CT molecular complexity index is 823. The third kappa shape index (κ3) is 2.87. The molecule has 2 aromatic rings. The minimum atomic E-state index is -0.308. The molecule has 0 spiro atoms. The number of ether oxygens (including phenoxy) is 2. The summed E-state index contributed by atoms with van der Waals surface area (Å²) in [5.74, 6) is 0.341. The maximum atomic E-state index is 12.7. The number of aromatic nitrogens is 1. The molecule has 5 nitrogen and oxygen atoms in total. The molecule has 1 aliphatic carbocycles. The van der Waals surface area contributed by atoms with E-state index in [1.165, 1.54) is 18.9 Å². The summed E-state index contributed by atoms with van der Waals surface area (Å²) in [6.07, 6.45) is 0. The second-order valence-corrected chi connectivity index (χ2v) is 8.32. The molecule has 1 heterocycles. The fourth-order valence-electron chi connectivity index (χ4n) is 2.19. The first-order valence-electron chi connectivity index (χ1n) is 6.72. The second kappa shape index (κ2) is 6.35. The summed E-state index contributed by atoms with van der Waals surface area (Å²) in [7, 11) is 2.99. The van der Waals surface area contributed by atoms with Gasteiger partial charge in [0.2, 0.25) is 0 Å². The summed E-state index contributed by atoms with van der Waals surface area (Å²) >= 11 is 1.04. The summed E-state index contributed by atoms with van der Waals surface area (Å²) in [6.45, 7) is 1.83. The molecule has 1 aromatic carbocycles. The number of allylic oxidation sites excluding steroid dienone is 2. The van der Waals surface area contributed by atoms with Crippen LogP contribution in [-0.4, -0.2) is 45.3 Å². The Morgan fingerprint density at radius 2 is 1.74 bits per heavy atom. The van der Waals surface area contributed by atoms with Gasteiger partial charge in [0.15, 0.2) is 0 Å². The first-order valence-corrected chi connectivity index (χ1v) is 9.25. The number of methoxy groups -OCH3 is 2. The first-order chi connectivity index (χ1) is 11.0. The van der Waals surface area contributed by atoms with Gasteiger partial charge >= 0.3 is 143 Å². The van der Waals surface area contributed by atoms with E-state index in [0.717, 1.165) is 15.2 Å².